The lowest BCUT2D eigenvalue weighted by Crippen LogP contribution is -2.23. The summed E-state index contributed by atoms with van der Waals surface area (Å²) in [5.74, 6) is 0.237. The van der Waals surface area contributed by atoms with Gasteiger partial charge in [-0.3, -0.25) is 4.72 Å². The van der Waals surface area contributed by atoms with E-state index in [2.05, 4.69) is 15.0 Å². The highest BCUT2D eigenvalue weighted by Gasteiger charge is 2.16. The van der Waals surface area contributed by atoms with Crippen LogP contribution in [0, 0.1) is 0 Å². The van der Waals surface area contributed by atoms with Gasteiger partial charge < -0.3 is 25.3 Å². The molecule has 12 heteroatoms. The standard InChI is InChI=1S/C25H28N4O6S2/c1-36(31,32)35-24-10-4-9-22-18(15-28-25(22)24)11-12-27-16-23(30)17-5-2-7-20(13-17)29-37(33,34)21-8-3-6-19(26)14-21/h2-10,13-15,23,27-30H,11-12,16,26H2,1H3/t23-/m0/s1. The molecule has 4 rings (SSSR count). The molecule has 0 unspecified atom stereocenters. The number of rotatable bonds is 11. The second-order valence-corrected chi connectivity index (χ2v) is 11.8. The summed E-state index contributed by atoms with van der Waals surface area (Å²) in [6, 6.07) is 17.7. The number of fused-ring (bicyclic) bond motifs is 1. The quantitative estimate of drug-likeness (QED) is 0.109. The lowest BCUT2D eigenvalue weighted by molar-refractivity contribution is 0.175. The summed E-state index contributed by atoms with van der Waals surface area (Å²) in [5, 5.41) is 14.7. The molecule has 0 aliphatic heterocycles. The monoisotopic (exact) mass is 544 g/mol. The molecule has 0 aliphatic carbocycles. The van der Waals surface area contributed by atoms with E-state index in [0.29, 0.717) is 35.4 Å². The van der Waals surface area contributed by atoms with Crippen LogP contribution in [0.2, 0.25) is 0 Å². The molecule has 0 radical (unpaired) electrons. The van der Waals surface area contributed by atoms with Gasteiger partial charge in [-0.25, -0.2) is 8.42 Å². The normalized spacial score (nSPS) is 12.9. The number of para-hydroxylation sites is 1. The zero-order chi connectivity index (χ0) is 26.6. The summed E-state index contributed by atoms with van der Waals surface area (Å²) in [6.45, 7) is 0.791. The minimum atomic E-state index is -3.83. The average Bonchev–Trinajstić information content (AvgIpc) is 3.25. The van der Waals surface area contributed by atoms with Crippen molar-refractivity contribution in [2.24, 2.45) is 0 Å². The fraction of sp³-hybridized carbons (Fsp3) is 0.200. The van der Waals surface area contributed by atoms with E-state index in [4.69, 9.17) is 9.92 Å². The van der Waals surface area contributed by atoms with Gasteiger partial charge >= 0.3 is 10.1 Å². The van der Waals surface area contributed by atoms with Gasteiger partial charge in [0, 0.05) is 29.5 Å². The number of nitrogens with one attached hydrogen (secondary N) is 3. The Morgan fingerprint density at radius 1 is 1.03 bits per heavy atom. The lowest BCUT2D eigenvalue weighted by Gasteiger charge is -2.14. The van der Waals surface area contributed by atoms with E-state index in [9.17, 15) is 21.9 Å². The molecule has 0 spiro atoms. The van der Waals surface area contributed by atoms with Crippen molar-refractivity contribution in [3.05, 3.63) is 84.1 Å². The summed E-state index contributed by atoms with van der Waals surface area (Å²) in [7, 11) is -7.48. The van der Waals surface area contributed by atoms with Crippen molar-refractivity contribution in [1.29, 1.82) is 0 Å². The molecule has 6 N–H and O–H groups in total. The predicted octanol–water partition coefficient (Wildman–Crippen LogP) is 2.76. The van der Waals surface area contributed by atoms with Crippen molar-refractivity contribution in [1.82, 2.24) is 10.3 Å². The highest BCUT2D eigenvalue weighted by molar-refractivity contribution is 7.92. The summed E-state index contributed by atoms with van der Waals surface area (Å²) < 4.78 is 55.9. The molecule has 37 heavy (non-hydrogen) atoms. The van der Waals surface area contributed by atoms with Crippen LogP contribution in [-0.2, 0) is 26.6 Å². The maximum atomic E-state index is 12.7. The predicted molar refractivity (Wildman–Crippen MR) is 143 cm³/mol. The number of aliphatic hydroxyl groups is 1. The summed E-state index contributed by atoms with van der Waals surface area (Å²) in [4.78, 5) is 3.11. The Bertz CT molecular complexity index is 1620. The first-order valence-electron chi connectivity index (χ1n) is 11.4. The molecule has 196 valence electrons. The van der Waals surface area contributed by atoms with E-state index in [1.54, 1.807) is 54.7 Å². The second-order valence-electron chi connectivity index (χ2n) is 8.55. The largest absolute Gasteiger partial charge is 0.399 e. The molecule has 0 fully saturated rings. The summed E-state index contributed by atoms with van der Waals surface area (Å²) in [5.41, 5.74) is 8.48. The Morgan fingerprint density at radius 3 is 2.54 bits per heavy atom. The number of aromatic nitrogens is 1. The maximum absolute atomic E-state index is 12.7. The maximum Gasteiger partial charge on any atom is 0.306 e. The Labute approximate surface area is 215 Å². The molecule has 1 heterocycles. The van der Waals surface area contributed by atoms with Gasteiger partial charge in [-0.05, 0) is 60.5 Å². The van der Waals surface area contributed by atoms with Gasteiger partial charge in [0.1, 0.15) is 0 Å². The van der Waals surface area contributed by atoms with Gasteiger partial charge in [0.15, 0.2) is 5.75 Å². The van der Waals surface area contributed by atoms with E-state index in [1.807, 2.05) is 6.07 Å². The minimum Gasteiger partial charge on any atom is -0.399 e. The number of nitrogen functional groups attached to an aromatic ring is 1. The molecular formula is C25H28N4O6S2. The fourth-order valence-electron chi connectivity index (χ4n) is 3.91. The van der Waals surface area contributed by atoms with Crippen LogP contribution in [0.1, 0.15) is 17.2 Å². The first kappa shape index (κ1) is 26.5. The number of sulfonamides is 1. The molecule has 0 saturated heterocycles. The first-order valence-corrected chi connectivity index (χ1v) is 14.7. The van der Waals surface area contributed by atoms with Gasteiger partial charge in [0.25, 0.3) is 10.0 Å². The van der Waals surface area contributed by atoms with Crippen molar-refractivity contribution >= 4 is 42.4 Å². The molecule has 0 aliphatic rings. The average molecular weight is 545 g/mol. The Kier molecular flexibility index (Phi) is 7.73. The molecule has 3 aromatic carbocycles. The van der Waals surface area contributed by atoms with Gasteiger partial charge in [-0.15, -0.1) is 0 Å². The molecule has 4 aromatic rings. The van der Waals surface area contributed by atoms with Gasteiger partial charge in [0.2, 0.25) is 0 Å². The zero-order valence-corrected chi connectivity index (χ0v) is 21.6. The third-order valence-electron chi connectivity index (χ3n) is 5.60. The van der Waals surface area contributed by atoms with Crippen molar-refractivity contribution in [3.63, 3.8) is 0 Å². The van der Waals surface area contributed by atoms with E-state index in [-0.39, 0.29) is 17.2 Å². The smallest absolute Gasteiger partial charge is 0.306 e. The van der Waals surface area contributed by atoms with Crippen molar-refractivity contribution in [3.8, 4) is 5.75 Å². The van der Waals surface area contributed by atoms with Gasteiger partial charge in [-0.2, -0.15) is 8.42 Å². The topological polar surface area (TPSA) is 164 Å². The van der Waals surface area contributed by atoms with E-state index in [1.165, 1.54) is 12.1 Å². The van der Waals surface area contributed by atoms with Crippen LogP contribution in [0.15, 0.2) is 77.8 Å². The van der Waals surface area contributed by atoms with Crippen LogP contribution in [0.3, 0.4) is 0 Å². The molecule has 1 aromatic heterocycles. The third-order valence-corrected chi connectivity index (χ3v) is 7.47. The number of aliphatic hydroxyl groups excluding tert-OH is 1. The van der Waals surface area contributed by atoms with Crippen LogP contribution in [-0.4, -0.2) is 46.3 Å². The van der Waals surface area contributed by atoms with Crippen LogP contribution >= 0.6 is 0 Å². The van der Waals surface area contributed by atoms with Crippen LogP contribution in [0.5, 0.6) is 5.75 Å². The Morgan fingerprint density at radius 2 is 1.78 bits per heavy atom. The Balaban J connectivity index is 1.35. The molecule has 0 saturated carbocycles. The third kappa shape index (κ3) is 6.80. The van der Waals surface area contributed by atoms with Gasteiger partial charge in [0.05, 0.1) is 22.8 Å². The number of aromatic amines is 1. The highest BCUT2D eigenvalue weighted by atomic mass is 32.2. The van der Waals surface area contributed by atoms with Crippen LogP contribution in [0.4, 0.5) is 11.4 Å². The van der Waals surface area contributed by atoms with E-state index in [0.717, 1.165) is 17.2 Å². The van der Waals surface area contributed by atoms with Crippen molar-refractivity contribution < 1.29 is 26.1 Å². The fourth-order valence-corrected chi connectivity index (χ4v) is 5.48. The van der Waals surface area contributed by atoms with Crippen LogP contribution in [0.25, 0.3) is 10.9 Å². The number of benzene rings is 3. The number of hydrogen-bond donors (Lipinski definition) is 5. The van der Waals surface area contributed by atoms with Crippen LogP contribution < -0.4 is 20.0 Å². The highest BCUT2D eigenvalue weighted by Crippen LogP contribution is 2.28. The van der Waals surface area contributed by atoms with E-state index < -0.39 is 26.2 Å². The SMILES string of the molecule is CS(=O)(=O)Oc1cccc2c(CCNC[C@H](O)c3cccc(NS(=O)(=O)c4cccc(N)c4)c3)c[nH]c12. The molecule has 0 amide bonds. The zero-order valence-electron chi connectivity index (χ0n) is 20.0. The van der Waals surface area contributed by atoms with Crippen molar-refractivity contribution in [2.45, 2.75) is 17.4 Å². The van der Waals surface area contributed by atoms with Crippen molar-refractivity contribution in [2.75, 3.05) is 29.8 Å². The molecule has 1 atom stereocenters. The van der Waals surface area contributed by atoms with E-state index >= 15 is 0 Å². The number of hydrogen-bond acceptors (Lipinski definition) is 8. The second kappa shape index (κ2) is 10.8. The number of nitrogens with two attached hydrogens (primary N) is 1. The minimum absolute atomic E-state index is 0.0485. The first-order chi connectivity index (χ1) is 17.5. The summed E-state index contributed by atoms with van der Waals surface area (Å²) >= 11 is 0. The Hall–Kier alpha value is -3.58. The number of H-pyrrole nitrogens is 1. The molecule has 10 nitrogen and oxygen atoms in total. The summed E-state index contributed by atoms with van der Waals surface area (Å²) in [6.07, 6.45) is 2.55. The van der Waals surface area contributed by atoms with Gasteiger partial charge in [-0.1, -0.05) is 30.3 Å². The number of anilines is 2. The molecular weight excluding hydrogens is 516 g/mol. The molecule has 0 bridgehead atoms. The lowest BCUT2D eigenvalue weighted by atomic mass is 10.1.